The van der Waals surface area contributed by atoms with E-state index in [2.05, 4.69) is 35.0 Å². The van der Waals surface area contributed by atoms with Crippen molar-refractivity contribution in [3.05, 3.63) is 29.7 Å². The Morgan fingerprint density at radius 2 is 2.14 bits per heavy atom. The van der Waals surface area contributed by atoms with Crippen molar-refractivity contribution in [1.82, 2.24) is 9.78 Å². The van der Waals surface area contributed by atoms with Gasteiger partial charge in [-0.1, -0.05) is 5.92 Å². The molecule has 3 rings (SSSR count). The summed E-state index contributed by atoms with van der Waals surface area (Å²) in [5.41, 5.74) is 1.61. The van der Waals surface area contributed by atoms with Crippen LogP contribution in [0.3, 0.4) is 0 Å². The maximum absolute atomic E-state index is 14.2. The molecule has 1 fully saturated rings. The molecule has 1 atom stereocenters. The molecule has 0 aliphatic carbocycles. The largest absolute Gasteiger partial charge is 0.356 e. The highest BCUT2D eigenvalue weighted by Crippen LogP contribution is 2.33. The fraction of sp³-hybridized carbons (Fsp3) is 0.471. The molecule has 0 N–H and O–H groups in total. The minimum Gasteiger partial charge on any atom is -0.356 e. The smallest absolute Gasteiger partial charge is 0.240 e. The van der Waals surface area contributed by atoms with Gasteiger partial charge in [0.25, 0.3) is 0 Å². The molecule has 22 heavy (non-hydrogen) atoms. The van der Waals surface area contributed by atoms with E-state index < -0.39 is 16.0 Å². The first kappa shape index (κ1) is 15.4. The molecule has 5 heteroatoms. The predicted molar refractivity (Wildman–Crippen MR) is 90.8 cm³/mol. The van der Waals surface area contributed by atoms with E-state index in [4.69, 9.17) is 4.74 Å². The standard InChI is InChI=1S/C17H21FN2OS/c1-22(2,3)11-9-13-7-8-15-14(12-13)17(18)19-20(15)16-6-4-5-10-21-16/h7-8,12,16H,4-6,10H2,1-3H3. The molecule has 0 amide bonds. The van der Waals surface area contributed by atoms with Crippen LogP contribution in [0.25, 0.3) is 10.9 Å². The Hall–Kier alpha value is -1.51. The zero-order valence-corrected chi connectivity index (χ0v) is 14.0. The molecular weight excluding hydrogens is 299 g/mol. The highest BCUT2D eigenvalue weighted by atomic mass is 32.3. The summed E-state index contributed by atoms with van der Waals surface area (Å²) < 4.78 is 21.6. The number of fused-ring (bicyclic) bond motifs is 1. The topological polar surface area (TPSA) is 27.1 Å². The Bertz CT molecular complexity index is 746. The van der Waals surface area contributed by atoms with Crippen LogP contribution in [0.2, 0.25) is 0 Å². The van der Waals surface area contributed by atoms with Crippen LogP contribution in [0.4, 0.5) is 4.39 Å². The third-order valence-corrected chi connectivity index (χ3v) is 4.31. The van der Waals surface area contributed by atoms with Crippen LogP contribution in [0.1, 0.15) is 31.1 Å². The molecule has 0 radical (unpaired) electrons. The van der Waals surface area contributed by atoms with Gasteiger partial charge in [-0.05, 0) is 61.5 Å². The average molecular weight is 320 g/mol. The van der Waals surface area contributed by atoms with Gasteiger partial charge in [0.1, 0.15) is 0 Å². The predicted octanol–water partition coefficient (Wildman–Crippen LogP) is 3.88. The second-order valence-electron chi connectivity index (χ2n) is 6.35. The third kappa shape index (κ3) is 3.29. The number of hydrogen-bond acceptors (Lipinski definition) is 2. The summed E-state index contributed by atoms with van der Waals surface area (Å²) in [5, 5.41) is 7.82. The summed E-state index contributed by atoms with van der Waals surface area (Å²) in [7, 11) is -0.893. The number of benzene rings is 1. The van der Waals surface area contributed by atoms with E-state index in [1.807, 2.05) is 12.1 Å². The van der Waals surface area contributed by atoms with Crippen LogP contribution >= 0.6 is 10.0 Å². The van der Waals surface area contributed by atoms with Gasteiger partial charge in [-0.25, -0.2) is 4.68 Å². The molecule has 0 bridgehead atoms. The maximum Gasteiger partial charge on any atom is 0.240 e. The van der Waals surface area contributed by atoms with Gasteiger partial charge in [-0.15, -0.1) is 5.10 Å². The Morgan fingerprint density at radius 3 is 2.82 bits per heavy atom. The van der Waals surface area contributed by atoms with Crippen molar-refractivity contribution in [2.75, 3.05) is 25.4 Å². The molecule has 0 saturated carbocycles. The number of halogens is 1. The van der Waals surface area contributed by atoms with Crippen molar-refractivity contribution in [2.45, 2.75) is 25.5 Å². The van der Waals surface area contributed by atoms with E-state index >= 15 is 0 Å². The maximum atomic E-state index is 14.2. The fourth-order valence-electron chi connectivity index (χ4n) is 2.53. The van der Waals surface area contributed by atoms with Gasteiger partial charge in [0.05, 0.1) is 10.9 Å². The zero-order valence-electron chi connectivity index (χ0n) is 13.2. The molecule has 2 heterocycles. The van der Waals surface area contributed by atoms with Crippen molar-refractivity contribution in [2.24, 2.45) is 0 Å². The molecule has 118 valence electrons. The van der Waals surface area contributed by atoms with Gasteiger partial charge in [0.2, 0.25) is 5.95 Å². The Kier molecular flexibility index (Phi) is 4.16. The molecule has 1 aromatic heterocycles. The number of hydrogen-bond donors (Lipinski definition) is 0. The van der Waals surface area contributed by atoms with Crippen molar-refractivity contribution in [3.8, 4) is 11.2 Å². The van der Waals surface area contributed by atoms with E-state index in [1.54, 1.807) is 10.7 Å². The van der Waals surface area contributed by atoms with Gasteiger partial charge >= 0.3 is 0 Å². The first-order valence-corrected chi connectivity index (χ1v) is 10.3. The Labute approximate surface area is 132 Å². The summed E-state index contributed by atoms with van der Waals surface area (Å²) in [6.45, 7) is 0.714. The third-order valence-electron chi connectivity index (χ3n) is 3.59. The first-order valence-electron chi connectivity index (χ1n) is 7.44. The molecule has 3 nitrogen and oxygen atoms in total. The normalized spacial score (nSPS) is 19.7. The van der Waals surface area contributed by atoms with E-state index in [0.29, 0.717) is 12.0 Å². The minimum absolute atomic E-state index is 0.156. The van der Waals surface area contributed by atoms with E-state index in [0.717, 1.165) is 30.3 Å². The van der Waals surface area contributed by atoms with Crippen LogP contribution in [0.15, 0.2) is 18.2 Å². The lowest BCUT2D eigenvalue weighted by Crippen LogP contribution is -2.19. The highest BCUT2D eigenvalue weighted by Gasteiger charge is 2.21. The summed E-state index contributed by atoms with van der Waals surface area (Å²) >= 11 is 0. The quantitative estimate of drug-likeness (QED) is 0.746. The Balaban J connectivity index is 1.99. The highest BCUT2D eigenvalue weighted by molar-refractivity contribution is 8.35. The van der Waals surface area contributed by atoms with Gasteiger partial charge in [-0.2, -0.15) is 14.4 Å². The van der Waals surface area contributed by atoms with Gasteiger partial charge in [-0.3, -0.25) is 0 Å². The molecule has 1 aliphatic heterocycles. The van der Waals surface area contributed by atoms with E-state index in [1.165, 1.54) is 0 Å². The lowest BCUT2D eigenvalue weighted by Gasteiger charge is -2.23. The summed E-state index contributed by atoms with van der Waals surface area (Å²) in [6.07, 6.45) is 9.29. The second kappa shape index (κ2) is 5.94. The second-order valence-corrected chi connectivity index (χ2v) is 10.2. The van der Waals surface area contributed by atoms with E-state index in [-0.39, 0.29) is 6.23 Å². The molecule has 1 unspecified atom stereocenters. The number of ether oxygens (including phenoxy) is 1. The van der Waals surface area contributed by atoms with Crippen molar-refractivity contribution >= 4 is 20.9 Å². The van der Waals surface area contributed by atoms with Crippen molar-refractivity contribution in [3.63, 3.8) is 0 Å². The average Bonchev–Trinajstić information content (AvgIpc) is 2.82. The zero-order chi connectivity index (χ0) is 15.7. The molecule has 2 aromatic rings. The lowest BCUT2D eigenvalue weighted by molar-refractivity contribution is -0.0375. The van der Waals surface area contributed by atoms with Crippen LogP contribution < -0.4 is 0 Å². The van der Waals surface area contributed by atoms with Crippen LogP contribution in [0.5, 0.6) is 0 Å². The first-order chi connectivity index (χ1) is 10.4. The monoisotopic (exact) mass is 320 g/mol. The molecule has 1 saturated heterocycles. The summed E-state index contributed by atoms with van der Waals surface area (Å²) in [5.74, 6) is 2.70. The summed E-state index contributed by atoms with van der Waals surface area (Å²) in [4.78, 5) is 0. The van der Waals surface area contributed by atoms with Crippen LogP contribution in [0, 0.1) is 17.1 Å². The molecule has 0 spiro atoms. The van der Waals surface area contributed by atoms with Crippen molar-refractivity contribution < 1.29 is 9.13 Å². The van der Waals surface area contributed by atoms with Gasteiger partial charge in [0, 0.05) is 12.2 Å². The number of rotatable bonds is 1. The molecule has 1 aliphatic rings. The Morgan fingerprint density at radius 1 is 1.32 bits per heavy atom. The SMILES string of the molecule is CS(C)(C)C#Cc1ccc2c(c1)c(F)nn2C1CCCCO1. The lowest BCUT2D eigenvalue weighted by atomic mass is 10.1. The minimum atomic E-state index is -0.893. The van der Waals surface area contributed by atoms with Crippen LogP contribution in [-0.4, -0.2) is 35.2 Å². The van der Waals surface area contributed by atoms with Gasteiger partial charge < -0.3 is 4.74 Å². The van der Waals surface area contributed by atoms with Crippen molar-refractivity contribution in [1.29, 1.82) is 0 Å². The number of aromatic nitrogens is 2. The summed E-state index contributed by atoms with van der Waals surface area (Å²) in [6, 6.07) is 5.61. The molecular formula is C17H21FN2OS. The van der Waals surface area contributed by atoms with E-state index in [9.17, 15) is 4.39 Å². The van der Waals surface area contributed by atoms with Gasteiger partial charge in [0.15, 0.2) is 6.23 Å². The molecule has 1 aromatic carbocycles. The number of nitrogens with zero attached hydrogens (tertiary/aromatic N) is 2. The van der Waals surface area contributed by atoms with Crippen LogP contribution in [-0.2, 0) is 4.74 Å². The fourth-order valence-corrected chi connectivity index (χ4v) is 2.95.